The van der Waals surface area contributed by atoms with E-state index in [1.165, 1.54) is 25.6 Å². The Kier molecular flexibility index (Phi) is 3.39. The van der Waals surface area contributed by atoms with Gasteiger partial charge in [0.25, 0.3) is 0 Å². The molecule has 13 heavy (non-hydrogen) atoms. The Morgan fingerprint density at radius 2 is 2.23 bits per heavy atom. The minimum atomic E-state index is -0.608. The molecule has 1 aromatic rings. The highest BCUT2D eigenvalue weighted by Crippen LogP contribution is 2.14. The molecule has 1 fully saturated rings. The highest BCUT2D eigenvalue weighted by atomic mass is 16.6. The summed E-state index contributed by atoms with van der Waals surface area (Å²) in [6.45, 7) is -0.420. The second-order valence-electron chi connectivity index (χ2n) is 2.68. The van der Waals surface area contributed by atoms with Gasteiger partial charge in [0.05, 0.1) is 0 Å². The van der Waals surface area contributed by atoms with Gasteiger partial charge in [0.15, 0.2) is 13.1 Å². The SMILES string of the molecule is C1CC1.O=[N+]([O-])c1cncn1CO. The van der Waals surface area contributed by atoms with E-state index >= 15 is 0 Å². The molecule has 0 aliphatic heterocycles. The number of aliphatic hydroxyl groups is 1. The number of hydrogen-bond donors (Lipinski definition) is 1. The molecule has 6 heteroatoms. The molecule has 1 aromatic heterocycles. The standard InChI is InChI=1S/C4H5N3O3.C3H6/c8-3-6-2-5-1-4(6)7(9)10;1-2-3-1/h1-2,8H,3H2;1-3H2. The summed E-state index contributed by atoms with van der Waals surface area (Å²) in [5.74, 6) is -0.206. The normalized spacial score (nSPS) is 13.0. The summed E-state index contributed by atoms with van der Waals surface area (Å²) in [6, 6.07) is 0. The number of aliphatic hydroxyl groups excluding tert-OH is 1. The Balaban J connectivity index is 0.000000236. The van der Waals surface area contributed by atoms with Crippen LogP contribution in [0.15, 0.2) is 12.5 Å². The molecular formula is C7H11N3O3. The highest BCUT2D eigenvalue weighted by molar-refractivity contribution is 5.13. The molecule has 0 saturated heterocycles. The third kappa shape index (κ3) is 3.20. The molecule has 0 bridgehead atoms. The average molecular weight is 185 g/mol. The molecule has 0 aromatic carbocycles. The van der Waals surface area contributed by atoms with Crippen LogP contribution in [0.4, 0.5) is 5.82 Å². The Labute approximate surface area is 75.0 Å². The predicted molar refractivity (Wildman–Crippen MR) is 45.0 cm³/mol. The number of rotatable bonds is 2. The molecule has 72 valence electrons. The summed E-state index contributed by atoms with van der Waals surface area (Å²) in [5.41, 5.74) is 0. The maximum absolute atomic E-state index is 10.1. The lowest BCUT2D eigenvalue weighted by atomic mass is 10.7. The summed E-state index contributed by atoms with van der Waals surface area (Å²) in [5, 5.41) is 18.6. The zero-order valence-corrected chi connectivity index (χ0v) is 7.09. The lowest BCUT2D eigenvalue weighted by Crippen LogP contribution is -2.00. The van der Waals surface area contributed by atoms with Crippen molar-refractivity contribution in [3.05, 3.63) is 22.6 Å². The summed E-state index contributed by atoms with van der Waals surface area (Å²) < 4.78 is 1.03. The summed E-state index contributed by atoms with van der Waals surface area (Å²) in [6.07, 6.45) is 6.77. The molecule has 1 heterocycles. The van der Waals surface area contributed by atoms with Crippen molar-refractivity contribution in [3.63, 3.8) is 0 Å². The quantitative estimate of drug-likeness (QED) is 0.548. The van der Waals surface area contributed by atoms with E-state index < -0.39 is 11.7 Å². The fourth-order valence-corrected chi connectivity index (χ4v) is 0.575. The first-order valence-corrected chi connectivity index (χ1v) is 4.01. The third-order valence-electron chi connectivity index (χ3n) is 1.38. The molecule has 0 unspecified atom stereocenters. The van der Waals surface area contributed by atoms with E-state index in [2.05, 4.69) is 4.98 Å². The summed E-state index contributed by atoms with van der Waals surface area (Å²) in [7, 11) is 0. The molecule has 0 atom stereocenters. The van der Waals surface area contributed by atoms with Gasteiger partial charge in [0, 0.05) is 0 Å². The number of nitro groups is 1. The minimum Gasteiger partial charge on any atom is -0.358 e. The molecule has 2 rings (SSSR count). The van der Waals surface area contributed by atoms with E-state index in [1.54, 1.807) is 0 Å². The molecule has 1 saturated carbocycles. The van der Waals surface area contributed by atoms with Crippen molar-refractivity contribution in [2.24, 2.45) is 0 Å². The van der Waals surface area contributed by atoms with Crippen molar-refractivity contribution >= 4 is 5.82 Å². The van der Waals surface area contributed by atoms with E-state index in [0.717, 1.165) is 10.8 Å². The van der Waals surface area contributed by atoms with Crippen LogP contribution in [0.1, 0.15) is 19.3 Å². The van der Waals surface area contributed by atoms with Crippen LogP contribution in [0.25, 0.3) is 0 Å². The predicted octanol–water partition coefficient (Wildman–Crippen LogP) is 0.911. The van der Waals surface area contributed by atoms with E-state index in [9.17, 15) is 10.1 Å². The van der Waals surface area contributed by atoms with Crippen molar-refractivity contribution in [3.8, 4) is 0 Å². The molecule has 1 N–H and O–H groups in total. The smallest absolute Gasteiger partial charge is 0.344 e. The van der Waals surface area contributed by atoms with Crippen LogP contribution >= 0.6 is 0 Å². The van der Waals surface area contributed by atoms with Gasteiger partial charge in [-0.25, -0.2) is 4.98 Å². The molecule has 0 radical (unpaired) electrons. The lowest BCUT2D eigenvalue weighted by Gasteiger charge is -1.93. The first kappa shape index (κ1) is 9.66. The number of aromatic nitrogens is 2. The van der Waals surface area contributed by atoms with Crippen molar-refractivity contribution in [2.75, 3.05) is 0 Å². The molecule has 0 amide bonds. The van der Waals surface area contributed by atoms with Crippen molar-refractivity contribution in [1.29, 1.82) is 0 Å². The van der Waals surface area contributed by atoms with Gasteiger partial charge in [-0.3, -0.25) is 0 Å². The Morgan fingerprint density at radius 3 is 2.54 bits per heavy atom. The molecule has 1 aliphatic rings. The van der Waals surface area contributed by atoms with Crippen LogP contribution in [0, 0.1) is 10.1 Å². The Bertz CT molecular complexity index is 280. The second-order valence-corrected chi connectivity index (χ2v) is 2.68. The molecular weight excluding hydrogens is 174 g/mol. The van der Waals surface area contributed by atoms with Gasteiger partial charge in [-0.1, -0.05) is 19.3 Å². The van der Waals surface area contributed by atoms with Crippen LogP contribution in [0.2, 0.25) is 0 Å². The van der Waals surface area contributed by atoms with Crippen molar-refractivity contribution in [1.82, 2.24) is 9.55 Å². The van der Waals surface area contributed by atoms with Gasteiger partial charge in [-0.05, 0) is 4.92 Å². The van der Waals surface area contributed by atoms with E-state index in [1.807, 2.05) is 0 Å². The van der Waals surface area contributed by atoms with Crippen LogP contribution in [-0.2, 0) is 6.73 Å². The van der Waals surface area contributed by atoms with Gasteiger partial charge in [0.1, 0.15) is 6.20 Å². The zero-order chi connectivity index (χ0) is 9.68. The van der Waals surface area contributed by atoms with Crippen LogP contribution in [-0.4, -0.2) is 19.6 Å². The molecule has 1 aliphatic carbocycles. The molecule has 0 spiro atoms. The highest BCUT2D eigenvalue weighted by Gasteiger charge is 2.09. The van der Waals surface area contributed by atoms with Crippen LogP contribution < -0.4 is 0 Å². The maximum atomic E-state index is 10.1. The Hall–Kier alpha value is -1.43. The van der Waals surface area contributed by atoms with Gasteiger partial charge in [-0.2, -0.15) is 4.57 Å². The second kappa shape index (κ2) is 4.56. The first-order valence-electron chi connectivity index (χ1n) is 4.01. The topological polar surface area (TPSA) is 81.2 Å². The number of hydrogen-bond acceptors (Lipinski definition) is 4. The summed E-state index contributed by atoms with van der Waals surface area (Å²) in [4.78, 5) is 12.9. The van der Waals surface area contributed by atoms with Crippen molar-refractivity contribution < 1.29 is 10.0 Å². The average Bonchev–Trinajstić information content (AvgIpc) is 2.90. The van der Waals surface area contributed by atoms with Gasteiger partial charge < -0.3 is 15.2 Å². The van der Waals surface area contributed by atoms with Gasteiger partial charge >= 0.3 is 5.82 Å². The third-order valence-corrected chi connectivity index (χ3v) is 1.38. The fourth-order valence-electron chi connectivity index (χ4n) is 0.575. The number of nitrogens with zero attached hydrogens (tertiary/aromatic N) is 3. The maximum Gasteiger partial charge on any atom is 0.344 e. The Morgan fingerprint density at radius 1 is 1.62 bits per heavy atom. The monoisotopic (exact) mass is 185 g/mol. The summed E-state index contributed by atoms with van der Waals surface area (Å²) >= 11 is 0. The van der Waals surface area contributed by atoms with Crippen LogP contribution in [0.5, 0.6) is 0 Å². The van der Waals surface area contributed by atoms with E-state index in [4.69, 9.17) is 5.11 Å². The van der Waals surface area contributed by atoms with E-state index in [0.29, 0.717) is 0 Å². The van der Waals surface area contributed by atoms with Crippen molar-refractivity contribution in [2.45, 2.75) is 26.0 Å². The van der Waals surface area contributed by atoms with E-state index in [-0.39, 0.29) is 5.82 Å². The largest absolute Gasteiger partial charge is 0.358 e. The van der Waals surface area contributed by atoms with Crippen LogP contribution in [0.3, 0.4) is 0 Å². The number of imidazole rings is 1. The first-order chi connectivity index (χ1) is 6.25. The fraction of sp³-hybridized carbons (Fsp3) is 0.571. The molecule has 6 nitrogen and oxygen atoms in total. The zero-order valence-electron chi connectivity index (χ0n) is 7.09. The van der Waals surface area contributed by atoms with Gasteiger partial charge in [-0.15, -0.1) is 0 Å². The minimum absolute atomic E-state index is 0.206. The lowest BCUT2D eigenvalue weighted by molar-refractivity contribution is -0.392. The van der Waals surface area contributed by atoms with Gasteiger partial charge in [0.2, 0.25) is 0 Å².